The average molecular weight is 322 g/mol. The van der Waals surface area contributed by atoms with Gasteiger partial charge in [-0.3, -0.25) is 4.79 Å². The van der Waals surface area contributed by atoms with Crippen LogP contribution in [0.25, 0.3) is 0 Å². The number of aliphatic carboxylic acids is 1. The minimum Gasteiger partial charge on any atom is -0.481 e. The van der Waals surface area contributed by atoms with Gasteiger partial charge in [0.05, 0.1) is 0 Å². The summed E-state index contributed by atoms with van der Waals surface area (Å²) in [5.41, 5.74) is 0. The highest BCUT2D eigenvalue weighted by Gasteiger charge is 2.02. The average Bonchev–Trinajstić information content (AvgIpc) is 2.97. The van der Waals surface area contributed by atoms with Crippen molar-refractivity contribution in [3.63, 3.8) is 0 Å². The molecule has 0 fully saturated rings. The molecule has 0 aliphatic heterocycles. The minimum absolute atomic E-state index is 0.313. The molecule has 0 bridgehead atoms. The number of furan rings is 1. The summed E-state index contributed by atoms with van der Waals surface area (Å²) in [6.45, 7) is 2.24. The van der Waals surface area contributed by atoms with Gasteiger partial charge in [0.1, 0.15) is 11.5 Å². The fraction of sp³-hybridized carbons (Fsp3) is 0.750. The zero-order chi connectivity index (χ0) is 16.8. The Balaban J connectivity index is 1.98. The van der Waals surface area contributed by atoms with Crippen LogP contribution in [0.15, 0.2) is 16.5 Å². The van der Waals surface area contributed by atoms with Crippen molar-refractivity contribution in [2.75, 3.05) is 0 Å². The summed E-state index contributed by atoms with van der Waals surface area (Å²) in [6.07, 6.45) is 15.5. The lowest BCUT2D eigenvalue weighted by Crippen LogP contribution is -1.93. The number of hydrogen-bond donors (Lipinski definition) is 1. The van der Waals surface area contributed by atoms with Gasteiger partial charge in [-0.1, -0.05) is 58.3 Å². The van der Waals surface area contributed by atoms with Crippen LogP contribution in [0.2, 0.25) is 0 Å². The third-order valence-corrected chi connectivity index (χ3v) is 4.31. The molecule has 1 aromatic rings. The Kier molecular flexibility index (Phi) is 11.4. The highest BCUT2D eigenvalue weighted by molar-refractivity contribution is 5.66. The lowest BCUT2D eigenvalue weighted by Gasteiger charge is -2.01. The summed E-state index contributed by atoms with van der Waals surface area (Å²) in [4.78, 5) is 10.4. The maximum Gasteiger partial charge on any atom is 0.303 e. The quantitative estimate of drug-likeness (QED) is 0.394. The van der Waals surface area contributed by atoms with Gasteiger partial charge in [-0.15, -0.1) is 0 Å². The number of carboxylic acids is 1. The molecule has 23 heavy (non-hydrogen) atoms. The zero-order valence-electron chi connectivity index (χ0n) is 14.8. The summed E-state index contributed by atoms with van der Waals surface area (Å²) >= 11 is 0. The molecule has 0 aromatic carbocycles. The maximum atomic E-state index is 10.4. The number of hydrogen-bond acceptors (Lipinski definition) is 2. The highest BCUT2D eigenvalue weighted by Crippen LogP contribution is 2.16. The number of carbonyl (C=O) groups is 1. The Hall–Kier alpha value is -1.25. The fourth-order valence-corrected chi connectivity index (χ4v) is 2.88. The van der Waals surface area contributed by atoms with Crippen molar-refractivity contribution in [3.8, 4) is 0 Å². The van der Waals surface area contributed by atoms with Crippen LogP contribution in [-0.2, 0) is 17.6 Å². The first-order valence-electron chi connectivity index (χ1n) is 9.51. The molecule has 1 rings (SSSR count). The van der Waals surface area contributed by atoms with Crippen LogP contribution in [0, 0.1) is 0 Å². The standard InChI is InChI=1S/C20H34O3/c1-2-3-4-7-10-13-18-16-17-19(23-18)14-11-8-5-6-9-12-15-20(21)22/h16-17H,2-15H2,1H3,(H,21,22). The molecule has 0 saturated carbocycles. The summed E-state index contributed by atoms with van der Waals surface area (Å²) < 4.78 is 5.90. The maximum absolute atomic E-state index is 10.4. The van der Waals surface area contributed by atoms with Crippen LogP contribution in [0.4, 0.5) is 0 Å². The topological polar surface area (TPSA) is 50.4 Å². The van der Waals surface area contributed by atoms with E-state index in [1.54, 1.807) is 0 Å². The molecule has 0 radical (unpaired) electrons. The summed E-state index contributed by atoms with van der Waals surface area (Å²) in [5.74, 6) is 1.59. The molecule has 0 saturated heterocycles. The highest BCUT2D eigenvalue weighted by atomic mass is 16.4. The molecule has 1 aromatic heterocycles. The molecule has 0 unspecified atom stereocenters. The monoisotopic (exact) mass is 322 g/mol. The normalized spacial score (nSPS) is 11.0. The first-order chi connectivity index (χ1) is 11.2. The van der Waals surface area contributed by atoms with E-state index < -0.39 is 5.97 Å². The summed E-state index contributed by atoms with van der Waals surface area (Å²) in [5, 5.41) is 8.56. The third kappa shape index (κ3) is 11.0. The van der Waals surface area contributed by atoms with E-state index >= 15 is 0 Å². The number of carboxylic acid groups (broad SMARTS) is 1. The molecule has 0 aliphatic carbocycles. The van der Waals surface area contributed by atoms with Crippen LogP contribution < -0.4 is 0 Å². The van der Waals surface area contributed by atoms with Crippen molar-refractivity contribution < 1.29 is 14.3 Å². The SMILES string of the molecule is CCCCCCCc1ccc(CCCCCCCCC(=O)O)o1. The predicted octanol–water partition coefficient (Wildman–Crippen LogP) is 6.15. The molecule has 132 valence electrons. The Morgan fingerprint density at radius 3 is 1.83 bits per heavy atom. The second-order valence-corrected chi connectivity index (χ2v) is 6.55. The van der Waals surface area contributed by atoms with Crippen molar-refractivity contribution in [1.82, 2.24) is 0 Å². The third-order valence-electron chi connectivity index (χ3n) is 4.31. The molecule has 0 spiro atoms. The van der Waals surface area contributed by atoms with Crippen LogP contribution in [-0.4, -0.2) is 11.1 Å². The minimum atomic E-state index is -0.677. The largest absolute Gasteiger partial charge is 0.481 e. The first-order valence-corrected chi connectivity index (χ1v) is 9.51. The predicted molar refractivity (Wildman–Crippen MR) is 94.8 cm³/mol. The molecule has 3 nitrogen and oxygen atoms in total. The van der Waals surface area contributed by atoms with Crippen molar-refractivity contribution in [2.24, 2.45) is 0 Å². The van der Waals surface area contributed by atoms with Crippen molar-refractivity contribution in [3.05, 3.63) is 23.7 Å². The van der Waals surface area contributed by atoms with E-state index in [1.807, 2.05) is 0 Å². The molecule has 1 heterocycles. The lowest BCUT2D eigenvalue weighted by atomic mass is 10.1. The molecular formula is C20H34O3. The molecule has 1 N–H and O–H groups in total. The van der Waals surface area contributed by atoms with Crippen molar-refractivity contribution >= 4 is 5.97 Å². The fourth-order valence-electron chi connectivity index (χ4n) is 2.88. The van der Waals surface area contributed by atoms with Crippen molar-refractivity contribution in [2.45, 2.75) is 96.8 Å². The number of rotatable bonds is 15. The van der Waals surface area contributed by atoms with Crippen LogP contribution in [0.1, 0.15) is 95.5 Å². The van der Waals surface area contributed by atoms with E-state index in [2.05, 4.69) is 19.1 Å². The van der Waals surface area contributed by atoms with Crippen LogP contribution in [0.3, 0.4) is 0 Å². The number of unbranched alkanes of at least 4 members (excludes halogenated alkanes) is 9. The first kappa shape index (κ1) is 19.8. The van der Waals surface area contributed by atoms with Gasteiger partial charge >= 0.3 is 5.97 Å². The van der Waals surface area contributed by atoms with E-state index in [4.69, 9.17) is 9.52 Å². The number of aryl methyl sites for hydroxylation is 2. The Labute approximate surface area is 141 Å². The summed E-state index contributed by atoms with van der Waals surface area (Å²) in [7, 11) is 0. The molecule has 3 heteroatoms. The smallest absolute Gasteiger partial charge is 0.303 e. The Morgan fingerprint density at radius 1 is 0.826 bits per heavy atom. The van der Waals surface area contributed by atoms with Gasteiger partial charge in [0.2, 0.25) is 0 Å². The zero-order valence-corrected chi connectivity index (χ0v) is 14.8. The Morgan fingerprint density at radius 2 is 1.30 bits per heavy atom. The van der Waals surface area contributed by atoms with E-state index in [9.17, 15) is 4.79 Å². The molecule has 0 aliphatic rings. The van der Waals surface area contributed by atoms with Crippen LogP contribution in [0.5, 0.6) is 0 Å². The van der Waals surface area contributed by atoms with Gasteiger partial charge in [0, 0.05) is 19.3 Å². The van der Waals surface area contributed by atoms with Gasteiger partial charge in [-0.05, 0) is 31.4 Å². The van der Waals surface area contributed by atoms with Crippen molar-refractivity contribution in [1.29, 1.82) is 0 Å². The van der Waals surface area contributed by atoms with Gasteiger partial charge in [-0.25, -0.2) is 0 Å². The molecule has 0 amide bonds. The lowest BCUT2D eigenvalue weighted by molar-refractivity contribution is -0.137. The van der Waals surface area contributed by atoms with Gasteiger partial charge in [0.25, 0.3) is 0 Å². The molecular weight excluding hydrogens is 288 g/mol. The second-order valence-electron chi connectivity index (χ2n) is 6.55. The van der Waals surface area contributed by atoms with Gasteiger partial charge < -0.3 is 9.52 Å². The van der Waals surface area contributed by atoms with Crippen LogP contribution >= 0.6 is 0 Å². The van der Waals surface area contributed by atoms with E-state index in [0.717, 1.165) is 43.6 Å². The Bertz CT molecular complexity index is 409. The van der Waals surface area contributed by atoms with E-state index in [-0.39, 0.29) is 0 Å². The molecule has 0 atom stereocenters. The summed E-state index contributed by atoms with van der Waals surface area (Å²) in [6, 6.07) is 4.27. The second kappa shape index (κ2) is 13.2. The van der Waals surface area contributed by atoms with E-state index in [1.165, 1.54) is 51.4 Å². The van der Waals surface area contributed by atoms with E-state index in [0.29, 0.717) is 6.42 Å². The van der Waals surface area contributed by atoms with Gasteiger partial charge in [-0.2, -0.15) is 0 Å². The van der Waals surface area contributed by atoms with Gasteiger partial charge in [0.15, 0.2) is 0 Å².